The molecule has 0 aromatic rings. The molecule has 0 aromatic heterocycles. The van der Waals surface area contributed by atoms with Crippen molar-refractivity contribution < 1.29 is 8.42 Å². The zero-order valence-corrected chi connectivity index (χ0v) is 12.1. The summed E-state index contributed by atoms with van der Waals surface area (Å²) >= 11 is 0. The summed E-state index contributed by atoms with van der Waals surface area (Å²) in [6.45, 7) is 9.43. The molecule has 0 radical (unpaired) electrons. The maximum absolute atomic E-state index is 10.9. The van der Waals surface area contributed by atoms with Crippen molar-refractivity contribution in [3.05, 3.63) is 0 Å². The first-order chi connectivity index (χ1) is 7.79. The molecule has 0 spiro atoms. The van der Waals surface area contributed by atoms with E-state index in [0.29, 0.717) is 12.0 Å². The van der Waals surface area contributed by atoms with Crippen molar-refractivity contribution in [3.8, 4) is 0 Å². The predicted octanol–water partition coefficient (Wildman–Crippen LogP) is 0.743. The fourth-order valence-corrected chi connectivity index (χ4v) is 2.87. The van der Waals surface area contributed by atoms with Crippen molar-refractivity contribution in [2.75, 3.05) is 44.7 Å². The number of nitrogens with one attached hydrogen (secondary N) is 1. The lowest BCUT2D eigenvalue weighted by atomic mass is 9.84. The van der Waals surface area contributed by atoms with Gasteiger partial charge in [0, 0.05) is 32.4 Å². The first-order valence-electron chi connectivity index (χ1n) is 6.39. The van der Waals surface area contributed by atoms with E-state index in [2.05, 4.69) is 24.1 Å². The van der Waals surface area contributed by atoms with Gasteiger partial charge < -0.3 is 10.2 Å². The molecular formula is C12H26N2O2S. The highest BCUT2D eigenvalue weighted by atomic mass is 32.2. The smallest absolute Gasteiger partial charge is 0.148 e. The molecule has 1 rings (SSSR count). The number of likely N-dealkylation sites (tertiary alicyclic amines) is 1. The Morgan fingerprint density at radius 1 is 1.29 bits per heavy atom. The van der Waals surface area contributed by atoms with E-state index in [1.165, 1.54) is 25.6 Å². The molecule has 0 aromatic carbocycles. The zero-order valence-electron chi connectivity index (χ0n) is 11.3. The molecule has 0 amide bonds. The van der Waals surface area contributed by atoms with Crippen LogP contribution in [0.2, 0.25) is 0 Å². The third-order valence-electron chi connectivity index (χ3n) is 3.23. The molecule has 1 N–H and O–H groups in total. The monoisotopic (exact) mass is 262 g/mol. The quantitative estimate of drug-likeness (QED) is 0.718. The van der Waals surface area contributed by atoms with Gasteiger partial charge in [0.1, 0.15) is 9.84 Å². The van der Waals surface area contributed by atoms with E-state index in [1.54, 1.807) is 0 Å². The molecule has 0 saturated carbocycles. The van der Waals surface area contributed by atoms with Gasteiger partial charge in [-0.2, -0.15) is 0 Å². The fraction of sp³-hybridized carbons (Fsp3) is 1.00. The molecule has 0 unspecified atom stereocenters. The molecule has 102 valence electrons. The second-order valence-corrected chi connectivity index (χ2v) is 8.18. The van der Waals surface area contributed by atoms with Crippen molar-refractivity contribution in [1.29, 1.82) is 0 Å². The summed E-state index contributed by atoms with van der Waals surface area (Å²) in [6.07, 6.45) is 3.86. The van der Waals surface area contributed by atoms with Crippen LogP contribution < -0.4 is 5.32 Å². The molecule has 5 heteroatoms. The fourth-order valence-electron chi connectivity index (χ4n) is 2.36. The van der Waals surface area contributed by atoms with Crippen molar-refractivity contribution in [1.82, 2.24) is 10.2 Å². The van der Waals surface area contributed by atoms with Gasteiger partial charge >= 0.3 is 0 Å². The van der Waals surface area contributed by atoms with E-state index in [-0.39, 0.29) is 5.75 Å². The number of hydrogen-bond acceptors (Lipinski definition) is 4. The molecule has 4 nitrogen and oxygen atoms in total. The molecule has 0 bridgehead atoms. The van der Waals surface area contributed by atoms with E-state index in [4.69, 9.17) is 0 Å². The highest BCUT2D eigenvalue weighted by molar-refractivity contribution is 7.90. The van der Waals surface area contributed by atoms with Crippen LogP contribution >= 0.6 is 0 Å². The molecule has 1 aliphatic heterocycles. The van der Waals surface area contributed by atoms with Gasteiger partial charge in [0.15, 0.2) is 0 Å². The topological polar surface area (TPSA) is 49.4 Å². The van der Waals surface area contributed by atoms with Crippen LogP contribution in [0.5, 0.6) is 0 Å². The van der Waals surface area contributed by atoms with Gasteiger partial charge in [0.05, 0.1) is 5.75 Å². The van der Waals surface area contributed by atoms with Crippen LogP contribution in [0.3, 0.4) is 0 Å². The normalized spacial score (nSPS) is 21.6. The highest BCUT2D eigenvalue weighted by Gasteiger charge is 2.25. The average Bonchev–Trinajstić information content (AvgIpc) is 2.13. The van der Waals surface area contributed by atoms with Crippen molar-refractivity contribution in [3.63, 3.8) is 0 Å². The third kappa shape index (κ3) is 7.01. The number of rotatable bonds is 6. The van der Waals surface area contributed by atoms with E-state index in [0.717, 1.165) is 19.6 Å². The molecular weight excluding hydrogens is 236 g/mol. The Labute approximate surface area is 106 Å². The maximum atomic E-state index is 10.9. The summed E-state index contributed by atoms with van der Waals surface area (Å²) in [5.41, 5.74) is 0.436. The molecule has 1 heterocycles. The van der Waals surface area contributed by atoms with Crippen LogP contribution in [0, 0.1) is 5.41 Å². The van der Waals surface area contributed by atoms with Gasteiger partial charge in [-0.3, -0.25) is 0 Å². The maximum Gasteiger partial charge on any atom is 0.148 e. The molecule has 1 saturated heterocycles. The summed E-state index contributed by atoms with van der Waals surface area (Å²) in [4.78, 5) is 2.47. The predicted molar refractivity (Wildman–Crippen MR) is 72.0 cm³/mol. The SMILES string of the molecule is CC1(C)CCCN(CCNCCS(C)(=O)=O)C1. The Bertz CT molecular complexity index is 325. The first-order valence-corrected chi connectivity index (χ1v) is 8.45. The second-order valence-electron chi connectivity index (χ2n) is 5.92. The summed E-state index contributed by atoms with van der Waals surface area (Å²) in [5.74, 6) is 0.235. The Morgan fingerprint density at radius 2 is 2.00 bits per heavy atom. The van der Waals surface area contributed by atoms with E-state index < -0.39 is 9.84 Å². The van der Waals surface area contributed by atoms with Crippen LogP contribution in [0.1, 0.15) is 26.7 Å². The van der Waals surface area contributed by atoms with Gasteiger partial charge in [-0.05, 0) is 24.8 Å². The van der Waals surface area contributed by atoms with Crippen LogP contribution in [0.4, 0.5) is 0 Å². The first kappa shape index (κ1) is 14.9. The minimum atomic E-state index is -2.82. The van der Waals surface area contributed by atoms with Crippen LogP contribution in [0.15, 0.2) is 0 Å². The Morgan fingerprint density at radius 3 is 2.59 bits per heavy atom. The number of sulfone groups is 1. The minimum absolute atomic E-state index is 0.235. The van der Waals surface area contributed by atoms with Gasteiger partial charge in [-0.1, -0.05) is 13.8 Å². The lowest BCUT2D eigenvalue weighted by Gasteiger charge is -2.38. The Balaban J connectivity index is 2.11. The highest BCUT2D eigenvalue weighted by Crippen LogP contribution is 2.27. The third-order valence-corrected chi connectivity index (χ3v) is 4.18. The Kier molecular flexibility index (Phi) is 5.41. The lowest BCUT2D eigenvalue weighted by molar-refractivity contribution is 0.119. The lowest BCUT2D eigenvalue weighted by Crippen LogP contribution is -2.43. The van der Waals surface area contributed by atoms with Crippen LogP contribution in [-0.4, -0.2) is 58.1 Å². The molecule has 1 fully saturated rings. The van der Waals surface area contributed by atoms with Crippen molar-refractivity contribution >= 4 is 9.84 Å². The Hall–Kier alpha value is -0.130. The van der Waals surface area contributed by atoms with E-state index >= 15 is 0 Å². The largest absolute Gasteiger partial charge is 0.314 e. The average molecular weight is 262 g/mol. The summed E-state index contributed by atoms with van der Waals surface area (Å²) < 4.78 is 21.9. The van der Waals surface area contributed by atoms with Crippen LogP contribution in [0.25, 0.3) is 0 Å². The number of nitrogens with zero attached hydrogens (tertiary/aromatic N) is 1. The summed E-state index contributed by atoms with van der Waals surface area (Å²) in [7, 11) is -2.82. The number of hydrogen-bond donors (Lipinski definition) is 1. The van der Waals surface area contributed by atoms with E-state index in [9.17, 15) is 8.42 Å². The zero-order chi connectivity index (χ0) is 12.9. The molecule has 1 aliphatic rings. The molecule has 0 atom stereocenters. The van der Waals surface area contributed by atoms with Crippen molar-refractivity contribution in [2.24, 2.45) is 5.41 Å². The summed E-state index contributed by atoms with van der Waals surface area (Å²) in [5, 5.41) is 3.20. The van der Waals surface area contributed by atoms with Gasteiger partial charge in [0.2, 0.25) is 0 Å². The second kappa shape index (κ2) is 6.16. The van der Waals surface area contributed by atoms with Crippen LogP contribution in [-0.2, 0) is 9.84 Å². The van der Waals surface area contributed by atoms with E-state index in [1.807, 2.05) is 0 Å². The minimum Gasteiger partial charge on any atom is -0.314 e. The van der Waals surface area contributed by atoms with Gasteiger partial charge in [0.25, 0.3) is 0 Å². The standard InChI is InChI=1S/C12H26N2O2S/c1-12(2)5-4-8-14(11-12)9-6-13-7-10-17(3,15)16/h13H,4-11H2,1-3H3. The van der Waals surface area contributed by atoms with Crippen molar-refractivity contribution in [2.45, 2.75) is 26.7 Å². The molecule has 17 heavy (non-hydrogen) atoms. The summed E-state index contributed by atoms with van der Waals surface area (Å²) in [6, 6.07) is 0. The molecule has 0 aliphatic carbocycles. The van der Waals surface area contributed by atoms with Gasteiger partial charge in [-0.15, -0.1) is 0 Å². The van der Waals surface area contributed by atoms with Gasteiger partial charge in [-0.25, -0.2) is 8.42 Å². The number of piperidine rings is 1.